The fourth-order valence-corrected chi connectivity index (χ4v) is 2.47. The highest BCUT2D eigenvalue weighted by atomic mass is 32.1. The van der Waals surface area contributed by atoms with Crippen LogP contribution in [0, 0.1) is 18.3 Å². The van der Waals surface area contributed by atoms with Gasteiger partial charge in [-0.3, -0.25) is 4.79 Å². The molecule has 2 rings (SSSR count). The molecule has 5 heteroatoms. The number of thiophene rings is 1. The highest BCUT2D eigenvalue weighted by Gasteiger charge is 2.12. The van der Waals surface area contributed by atoms with Gasteiger partial charge < -0.3 is 10.1 Å². The Hall–Kier alpha value is -2.32. The summed E-state index contributed by atoms with van der Waals surface area (Å²) in [6, 6.07) is 6.92. The number of hydrogen-bond donors (Lipinski definition) is 1. The fraction of sp³-hybridized carbons (Fsp3) is 0.143. The average molecular weight is 272 g/mol. The lowest BCUT2D eigenvalue weighted by molar-refractivity contribution is 0.102. The zero-order chi connectivity index (χ0) is 13.8. The van der Waals surface area contributed by atoms with Gasteiger partial charge in [0.05, 0.1) is 30.0 Å². The first-order valence-corrected chi connectivity index (χ1v) is 6.52. The number of aryl methyl sites for hydroxylation is 1. The van der Waals surface area contributed by atoms with Crippen LogP contribution >= 0.6 is 11.3 Å². The molecule has 0 radical (unpaired) electrons. The van der Waals surface area contributed by atoms with Crippen LogP contribution in [0.5, 0.6) is 5.75 Å². The second kappa shape index (κ2) is 5.55. The van der Waals surface area contributed by atoms with Gasteiger partial charge in [0.25, 0.3) is 5.91 Å². The van der Waals surface area contributed by atoms with Gasteiger partial charge in [0.2, 0.25) is 0 Å². The predicted octanol–water partition coefficient (Wildman–Crippen LogP) is 3.19. The molecule has 1 N–H and O–H groups in total. The van der Waals surface area contributed by atoms with Gasteiger partial charge in [-0.05, 0) is 30.0 Å². The highest BCUT2D eigenvalue weighted by molar-refractivity contribution is 7.08. The van der Waals surface area contributed by atoms with Crippen molar-refractivity contribution in [3.05, 3.63) is 45.6 Å². The van der Waals surface area contributed by atoms with Crippen molar-refractivity contribution in [2.75, 3.05) is 12.4 Å². The minimum absolute atomic E-state index is 0.179. The summed E-state index contributed by atoms with van der Waals surface area (Å²) in [6.45, 7) is 1.89. The van der Waals surface area contributed by atoms with E-state index in [0.29, 0.717) is 22.6 Å². The Morgan fingerprint density at radius 2 is 2.21 bits per heavy atom. The Labute approximate surface area is 115 Å². The van der Waals surface area contributed by atoms with E-state index in [-0.39, 0.29) is 5.91 Å². The second-order valence-electron chi connectivity index (χ2n) is 3.95. The zero-order valence-corrected chi connectivity index (χ0v) is 11.4. The fourth-order valence-electron chi connectivity index (χ4n) is 1.65. The summed E-state index contributed by atoms with van der Waals surface area (Å²) in [7, 11) is 1.50. The van der Waals surface area contributed by atoms with Gasteiger partial charge >= 0.3 is 0 Å². The number of benzene rings is 1. The quantitative estimate of drug-likeness (QED) is 0.933. The molecular weight excluding hydrogens is 260 g/mol. The summed E-state index contributed by atoms with van der Waals surface area (Å²) >= 11 is 1.49. The van der Waals surface area contributed by atoms with Gasteiger partial charge in [0, 0.05) is 11.4 Å². The normalized spacial score (nSPS) is 9.74. The van der Waals surface area contributed by atoms with E-state index in [9.17, 15) is 4.79 Å². The monoisotopic (exact) mass is 272 g/mol. The molecule has 4 nitrogen and oxygen atoms in total. The van der Waals surface area contributed by atoms with Crippen molar-refractivity contribution in [2.24, 2.45) is 0 Å². The summed E-state index contributed by atoms with van der Waals surface area (Å²) in [5.74, 6) is 0.294. The number of rotatable bonds is 3. The Morgan fingerprint density at radius 3 is 2.79 bits per heavy atom. The van der Waals surface area contributed by atoms with E-state index in [0.717, 1.165) is 5.56 Å². The Balaban J connectivity index is 2.27. The van der Waals surface area contributed by atoms with Crippen molar-refractivity contribution < 1.29 is 9.53 Å². The molecular formula is C14H12N2O2S. The first kappa shape index (κ1) is 13.1. The molecule has 0 unspecified atom stereocenters. The molecule has 0 saturated carbocycles. The summed E-state index contributed by atoms with van der Waals surface area (Å²) in [5.41, 5.74) is 2.63. The smallest absolute Gasteiger partial charge is 0.256 e. The number of carbonyl (C=O) groups excluding carboxylic acids is 1. The van der Waals surface area contributed by atoms with Crippen molar-refractivity contribution in [3.63, 3.8) is 0 Å². The molecule has 0 atom stereocenters. The Morgan fingerprint density at radius 1 is 1.42 bits per heavy atom. The number of nitrogens with one attached hydrogen (secondary N) is 1. The number of nitriles is 1. The summed E-state index contributed by atoms with van der Waals surface area (Å²) in [6.07, 6.45) is 0. The number of anilines is 1. The summed E-state index contributed by atoms with van der Waals surface area (Å²) in [4.78, 5) is 12.1. The predicted molar refractivity (Wildman–Crippen MR) is 74.7 cm³/mol. The molecule has 96 valence electrons. The molecule has 1 heterocycles. The van der Waals surface area contributed by atoms with E-state index in [4.69, 9.17) is 10.00 Å². The van der Waals surface area contributed by atoms with E-state index in [1.807, 2.05) is 18.4 Å². The Bertz CT molecular complexity index is 656. The number of amides is 1. The van der Waals surface area contributed by atoms with Crippen molar-refractivity contribution >= 4 is 22.9 Å². The SMILES string of the molecule is COc1cc(C#N)ccc1NC(=O)c1cscc1C. The van der Waals surface area contributed by atoms with Gasteiger partial charge in [-0.1, -0.05) is 0 Å². The molecule has 0 saturated heterocycles. The van der Waals surface area contributed by atoms with Gasteiger partial charge in [0.1, 0.15) is 5.75 Å². The van der Waals surface area contributed by atoms with Gasteiger partial charge in [0.15, 0.2) is 0 Å². The largest absolute Gasteiger partial charge is 0.495 e. The summed E-state index contributed by atoms with van der Waals surface area (Å²) < 4.78 is 5.17. The van der Waals surface area contributed by atoms with Gasteiger partial charge in [-0.25, -0.2) is 0 Å². The first-order valence-electron chi connectivity index (χ1n) is 5.58. The van der Waals surface area contributed by atoms with Crippen LogP contribution in [0.15, 0.2) is 29.0 Å². The molecule has 1 aromatic carbocycles. The maximum absolute atomic E-state index is 12.1. The van der Waals surface area contributed by atoms with E-state index in [1.54, 1.807) is 23.6 Å². The standard InChI is InChI=1S/C14H12N2O2S/c1-9-7-19-8-11(9)14(17)16-12-4-3-10(6-15)5-13(12)18-2/h3-5,7-8H,1-2H3,(H,16,17). The van der Waals surface area contributed by atoms with Crippen molar-refractivity contribution in [2.45, 2.75) is 6.92 Å². The van der Waals surface area contributed by atoms with E-state index in [2.05, 4.69) is 5.32 Å². The molecule has 0 aliphatic carbocycles. The van der Waals surface area contributed by atoms with Crippen LogP contribution in [0.2, 0.25) is 0 Å². The van der Waals surface area contributed by atoms with Crippen molar-refractivity contribution in [3.8, 4) is 11.8 Å². The van der Waals surface area contributed by atoms with Crippen LogP contribution in [-0.2, 0) is 0 Å². The molecule has 2 aromatic rings. The maximum Gasteiger partial charge on any atom is 0.256 e. The number of methoxy groups -OCH3 is 1. The van der Waals surface area contributed by atoms with E-state index < -0.39 is 0 Å². The number of ether oxygens (including phenoxy) is 1. The molecule has 0 aliphatic heterocycles. The average Bonchev–Trinajstić information content (AvgIpc) is 2.85. The van der Waals surface area contributed by atoms with Crippen LogP contribution in [0.1, 0.15) is 21.5 Å². The van der Waals surface area contributed by atoms with E-state index in [1.165, 1.54) is 18.4 Å². The molecule has 1 amide bonds. The molecule has 0 fully saturated rings. The minimum atomic E-state index is -0.179. The number of hydrogen-bond acceptors (Lipinski definition) is 4. The van der Waals surface area contributed by atoms with Crippen LogP contribution < -0.4 is 10.1 Å². The lowest BCUT2D eigenvalue weighted by Gasteiger charge is -2.10. The van der Waals surface area contributed by atoms with Crippen LogP contribution in [-0.4, -0.2) is 13.0 Å². The van der Waals surface area contributed by atoms with Gasteiger partial charge in [-0.2, -0.15) is 16.6 Å². The molecule has 0 spiro atoms. The molecule has 0 bridgehead atoms. The van der Waals surface area contributed by atoms with Crippen molar-refractivity contribution in [1.82, 2.24) is 0 Å². The third-order valence-electron chi connectivity index (χ3n) is 2.68. The molecule has 19 heavy (non-hydrogen) atoms. The number of carbonyl (C=O) groups is 1. The minimum Gasteiger partial charge on any atom is -0.495 e. The van der Waals surface area contributed by atoms with Crippen LogP contribution in [0.4, 0.5) is 5.69 Å². The zero-order valence-electron chi connectivity index (χ0n) is 10.6. The lowest BCUT2D eigenvalue weighted by atomic mass is 10.1. The summed E-state index contributed by atoms with van der Waals surface area (Å²) in [5, 5.41) is 15.3. The van der Waals surface area contributed by atoms with Crippen LogP contribution in [0.3, 0.4) is 0 Å². The third-order valence-corrected chi connectivity index (χ3v) is 3.54. The topological polar surface area (TPSA) is 62.1 Å². The Kier molecular flexibility index (Phi) is 3.83. The first-order chi connectivity index (χ1) is 9.15. The third kappa shape index (κ3) is 2.75. The van der Waals surface area contributed by atoms with E-state index >= 15 is 0 Å². The second-order valence-corrected chi connectivity index (χ2v) is 4.69. The van der Waals surface area contributed by atoms with Crippen molar-refractivity contribution in [1.29, 1.82) is 5.26 Å². The lowest BCUT2D eigenvalue weighted by Crippen LogP contribution is -2.12. The van der Waals surface area contributed by atoms with Gasteiger partial charge in [-0.15, -0.1) is 0 Å². The highest BCUT2D eigenvalue weighted by Crippen LogP contribution is 2.26. The molecule has 1 aromatic heterocycles. The molecule has 0 aliphatic rings. The number of nitrogens with zero attached hydrogens (tertiary/aromatic N) is 1. The van der Waals surface area contributed by atoms with Crippen LogP contribution in [0.25, 0.3) is 0 Å². The maximum atomic E-state index is 12.1.